The van der Waals surface area contributed by atoms with Crippen LogP contribution in [0, 0.1) is 24.0 Å². The Morgan fingerprint density at radius 3 is 2.53 bits per heavy atom. The first kappa shape index (κ1) is 22.0. The number of aryl methyl sites for hydroxylation is 3. The molecule has 1 aliphatic heterocycles. The minimum absolute atomic E-state index is 0.0833. The molecule has 1 aliphatic rings. The van der Waals surface area contributed by atoms with Gasteiger partial charge in [-0.05, 0) is 69.0 Å². The largest absolute Gasteiger partial charge is 0.464 e. The normalized spacial score (nSPS) is 14.8. The summed E-state index contributed by atoms with van der Waals surface area (Å²) in [7, 11) is 0. The van der Waals surface area contributed by atoms with Crippen molar-refractivity contribution in [3.05, 3.63) is 79.7 Å². The topological polar surface area (TPSA) is 79.8 Å². The fraction of sp³-hybridized carbons (Fsp3) is 0.400. The number of hydrogen-bond donors (Lipinski definition) is 0. The van der Waals surface area contributed by atoms with Gasteiger partial charge in [-0.1, -0.05) is 6.07 Å². The summed E-state index contributed by atoms with van der Waals surface area (Å²) in [5.74, 6) is 0. The van der Waals surface area contributed by atoms with Crippen LogP contribution in [0.15, 0.2) is 51.9 Å². The molecule has 0 amide bonds. The van der Waals surface area contributed by atoms with E-state index >= 15 is 0 Å². The number of hydrogen-bond acceptors (Lipinski definition) is 6. The van der Waals surface area contributed by atoms with Crippen LogP contribution >= 0.6 is 0 Å². The molecule has 1 aromatic heterocycles. The number of nitro groups is 1. The van der Waals surface area contributed by atoms with Crippen molar-refractivity contribution in [1.82, 2.24) is 4.90 Å². The molecule has 0 N–H and O–H groups in total. The second kappa shape index (κ2) is 9.53. The summed E-state index contributed by atoms with van der Waals surface area (Å²) in [5.41, 5.74) is 4.76. The fourth-order valence-electron chi connectivity index (χ4n) is 4.28. The van der Waals surface area contributed by atoms with Crippen molar-refractivity contribution in [2.75, 3.05) is 37.6 Å². The molecule has 7 heteroatoms. The van der Waals surface area contributed by atoms with Gasteiger partial charge in [0.2, 0.25) is 0 Å². The number of fused-ring (bicyclic) bond motifs is 1. The van der Waals surface area contributed by atoms with Crippen molar-refractivity contribution in [1.29, 1.82) is 0 Å². The molecule has 1 saturated heterocycles. The first-order chi connectivity index (χ1) is 15.4. The van der Waals surface area contributed by atoms with Gasteiger partial charge >= 0.3 is 0 Å². The molecule has 4 rings (SSSR count). The summed E-state index contributed by atoms with van der Waals surface area (Å²) in [6.45, 7) is 8.59. The molecule has 0 saturated carbocycles. The zero-order chi connectivity index (χ0) is 22.7. The molecule has 0 atom stereocenters. The van der Waals surface area contributed by atoms with Crippen LogP contribution in [0.25, 0.3) is 11.0 Å². The summed E-state index contributed by atoms with van der Waals surface area (Å²) >= 11 is 0. The van der Waals surface area contributed by atoms with Gasteiger partial charge < -0.3 is 9.32 Å². The standard InChI is InChI=1S/C25H29N3O4/c1-18-14-23-24(15-19(18)2)32-17-20(25(23)29)6-3-4-9-26-10-12-27(13-11-26)21-7-5-8-22(16-21)28(30)31/h5,7-8,14-17H,3-4,6,9-13H2,1-2H3. The Balaban J connectivity index is 1.26. The molecule has 0 radical (unpaired) electrons. The second-order valence-electron chi connectivity index (χ2n) is 8.59. The molecule has 0 spiro atoms. The van der Waals surface area contributed by atoms with Crippen molar-refractivity contribution in [3.63, 3.8) is 0 Å². The van der Waals surface area contributed by atoms with Gasteiger partial charge in [-0.15, -0.1) is 0 Å². The van der Waals surface area contributed by atoms with E-state index in [0.29, 0.717) is 11.0 Å². The SMILES string of the molecule is Cc1cc2occ(CCCCN3CCN(c4cccc([N+](=O)[O-])c4)CC3)c(=O)c2cc1C. The molecular weight excluding hydrogens is 406 g/mol. The van der Waals surface area contributed by atoms with E-state index in [1.807, 2.05) is 32.0 Å². The van der Waals surface area contributed by atoms with Gasteiger partial charge in [0.1, 0.15) is 5.58 Å². The Kier molecular flexibility index (Phi) is 6.55. The molecule has 1 fully saturated rings. The third kappa shape index (κ3) is 4.83. The Hall–Kier alpha value is -3.19. The summed E-state index contributed by atoms with van der Waals surface area (Å²) < 4.78 is 5.73. The van der Waals surface area contributed by atoms with Crippen LogP contribution in [0.3, 0.4) is 0 Å². The lowest BCUT2D eigenvalue weighted by atomic mass is 10.0. The Morgan fingerprint density at radius 1 is 1.03 bits per heavy atom. The highest BCUT2D eigenvalue weighted by molar-refractivity contribution is 5.78. The lowest BCUT2D eigenvalue weighted by Gasteiger charge is -2.36. The highest BCUT2D eigenvalue weighted by Crippen LogP contribution is 2.22. The van der Waals surface area contributed by atoms with E-state index in [4.69, 9.17) is 4.42 Å². The molecule has 0 bridgehead atoms. The van der Waals surface area contributed by atoms with E-state index in [1.54, 1.807) is 18.4 Å². The molecule has 3 aromatic rings. The Bertz CT molecular complexity index is 1180. The smallest absolute Gasteiger partial charge is 0.271 e. The summed E-state index contributed by atoms with van der Waals surface area (Å²) in [6, 6.07) is 10.7. The average molecular weight is 436 g/mol. The third-order valence-corrected chi connectivity index (χ3v) is 6.41. The summed E-state index contributed by atoms with van der Waals surface area (Å²) in [6.07, 6.45) is 4.30. The predicted molar refractivity (Wildman–Crippen MR) is 127 cm³/mol. The minimum atomic E-state index is -0.349. The van der Waals surface area contributed by atoms with E-state index in [0.717, 1.165) is 74.4 Å². The molecule has 2 aromatic carbocycles. The molecule has 0 unspecified atom stereocenters. The van der Waals surface area contributed by atoms with Gasteiger partial charge in [-0.25, -0.2) is 0 Å². The highest BCUT2D eigenvalue weighted by atomic mass is 16.6. The monoisotopic (exact) mass is 435 g/mol. The van der Waals surface area contributed by atoms with Gasteiger partial charge in [0, 0.05) is 49.6 Å². The summed E-state index contributed by atoms with van der Waals surface area (Å²) in [5, 5.41) is 11.7. The summed E-state index contributed by atoms with van der Waals surface area (Å²) in [4.78, 5) is 28.1. The van der Waals surface area contributed by atoms with Crippen molar-refractivity contribution in [2.24, 2.45) is 0 Å². The van der Waals surface area contributed by atoms with Crippen LogP contribution in [-0.4, -0.2) is 42.5 Å². The van der Waals surface area contributed by atoms with E-state index in [2.05, 4.69) is 9.80 Å². The maximum Gasteiger partial charge on any atom is 0.271 e. The maximum absolute atomic E-state index is 12.8. The van der Waals surface area contributed by atoms with E-state index in [9.17, 15) is 14.9 Å². The molecule has 2 heterocycles. The maximum atomic E-state index is 12.8. The van der Waals surface area contributed by atoms with Gasteiger partial charge in [0.15, 0.2) is 5.43 Å². The number of nitro benzene ring substituents is 1. The fourth-order valence-corrected chi connectivity index (χ4v) is 4.28. The first-order valence-electron chi connectivity index (χ1n) is 11.2. The van der Waals surface area contributed by atoms with Crippen LogP contribution in [0.2, 0.25) is 0 Å². The predicted octanol–water partition coefficient (Wildman–Crippen LogP) is 4.46. The Morgan fingerprint density at radius 2 is 1.78 bits per heavy atom. The van der Waals surface area contributed by atoms with Gasteiger partial charge in [-0.3, -0.25) is 19.8 Å². The molecule has 7 nitrogen and oxygen atoms in total. The lowest BCUT2D eigenvalue weighted by molar-refractivity contribution is -0.384. The van der Waals surface area contributed by atoms with Gasteiger partial charge in [-0.2, -0.15) is 0 Å². The lowest BCUT2D eigenvalue weighted by Crippen LogP contribution is -2.46. The second-order valence-corrected chi connectivity index (χ2v) is 8.59. The van der Waals surface area contributed by atoms with Crippen LogP contribution in [0.1, 0.15) is 29.5 Å². The van der Waals surface area contributed by atoms with Crippen molar-refractivity contribution < 1.29 is 9.34 Å². The third-order valence-electron chi connectivity index (χ3n) is 6.41. The van der Waals surface area contributed by atoms with E-state index < -0.39 is 0 Å². The zero-order valence-electron chi connectivity index (χ0n) is 18.7. The van der Waals surface area contributed by atoms with Crippen molar-refractivity contribution in [2.45, 2.75) is 33.1 Å². The van der Waals surface area contributed by atoms with Gasteiger partial charge in [0.25, 0.3) is 5.69 Å². The number of unbranched alkanes of at least 4 members (excludes halogenated alkanes) is 1. The van der Waals surface area contributed by atoms with E-state index in [-0.39, 0.29) is 16.0 Å². The number of piperazine rings is 1. The minimum Gasteiger partial charge on any atom is -0.464 e. The number of rotatable bonds is 7. The first-order valence-corrected chi connectivity index (χ1v) is 11.2. The van der Waals surface area contributed by atoms with Crippen LogP contribution in [-0.2, 0) is 6.42 Å². The van der Waals surface area contributed by atoms with Crippen LogP contribution in [0.5, 0.6) is 0 Å². The Labute approximate surface area is 187 Å². The number of nitrogens with zero attached hydrogens (tertiary/aromatic N) is 3. The average Bonchev–Trinajstić information content (AvgIpc) is 2.80. The van der Waals surface area contributed by atoms with Crippen LogP contribution < -0.4 is 10.3 Å². The number of non-ortho nitro benzene ring substituents is 1. The number of benzene rings is 2. The zero-order valence-corrected chi connectivity index (χ0v) is 18.7. The van der Waals surface area contributed by atoms with Crippen LogP contribution in [0.4, 0.5) is 11.4 Å². The quantitative estimate of drug-likeness (QED) is 0.310. The molecule has 168 valence electrons. The van der Waals surface area contributed by atoms with E-state index in [1.165, 1.54) is 6.07 Å². The molecule has 32 heavy (non-hydrogen) atoms. The highest BCUT2D eigenvalue weighted by Gasteiger charge is 2.18. The molecule has 0 aliphatic carbocycles. The number of anilines is 1. The molecular formula is C25H29N3O4. The van der Waals surface area contributed by atoms with Gasteiger partial charge in [0.05, 0.1) is 16.6 Å². The van der Waals surface area contributed by atoms with Crippen molar-refractivity contribution >= 4 is 22.3 Å². The van der Waals surface area contributed by atoms with Crippen molar-refractivity contribution in [3.8, 4) is 0 Å².